The van der Waals surface area contributed by atoms with Gasteiger partial charge >= 0.3 is 0 Å². The standard InChI is InChI=1S/C38H52O7S/c1-9-32(42-22-26-15-18-28(41-8)19-16-26)38(23-44-37(5,6)45-38)33-25(2)34(39)35(43-24-40-7)30-20-17-27(36(30,3)4)21-31(33)46-29-13-11-10-12-14-29/h9-16,18-19,21,25,30-35,39H,1,17,20,22-24H2,2-8H3/b27-21-/t25-,30+,31+,32+,33+,34+,35+,38-/m0/s1. The number of allylic oxidation sites excluding steroid dienone is 1. The average Bonchev–Trinajstić information content (AvgIpc) is 3.52. The van der Waals surface area contributed by atoms with Gasteiger partial charge in [-0.2, -0.15) is 0 Å². The van der Waals surface area contributed by atoms with Crippen LogP contribution >= 0.6 is 11.8 Å². The number of hydrogen-bond acceptors (Lipinski definition) is 8. The first-order valence-corrected chi connectivity index (χ1v) is 17.3. The monoisotopic (exact) mass is 652 g/mol. The van der Waals surface area contributed by atoms with Gasteiger partial charge < -0.3 is 33.5 Å². The van der Waals surface area contributed by atoms with Gasteiger partial charge in [-0.3, -0.25) is 0 Å². The zero-order valence-electron chi connectivity index (χ0n) is 28.4. The molecule has 7 nitrogen and oxygen atoms in total. The smallest absolute Gasteiger partial charge is 0.163 e. The number of thioether (sulfide) groups is 1. The number of ether oxygens (including phenoxy) is 6. The van der Waals surface area contributed by atoms with Crippen molar-refractivity contribution < 1.29 is 33.5 Å². The highest BCUT2D eigenvalue weighted by Gasteiger charge is 2.61. The van der Waals surface area contributed by atoms with E-state index in [2.05, 4.69) is 57.7 Å². The third kappa shape index (κ3) is 7.14. The molecule has 1 saturated heterocycles. The van der Waals surface area contributed by atoms with E-state index in [1.807, 2.05) is 62.0 Å². The van der Waals surface area contributed by atoms with Crippen molar-refractivity contribution in [2.45, 2.75) is 93.9 Å². The molecule has 2 fully saturated rings. The van der Waals surface area contributed by atoms with Gasteiger partial charge in [0, 0.05) is 23.2 Å². The Labute approximate surface area is 279 Å². The number of aliphatic hydroxyl groups excluding tert-OH is 1. The molecule has 1 heterocycles. The lowest BCUT2D eigenvalue weighted by atomic mass is 9.69. The number of fused-ring (bicyclic) bond motifs is 2. The van der Waals surface area contributed by atoms with E-state index in [1.165, 1.54) is 5.57 Å². The first kappa shape index (κ1) is 35.1. The second-order valence-electron chi connectivity index (χ2n) is 13.9. The molecule has 0 spiro atoms. The Morgan fingerprint density at radius 2 is 1.78 bits per heavy atom. The summed E-state index contributed by atoms with van der Waals surface area (Å²) in [5.41, 5.74) is 1.24. The van der Waals surface area contributed by atoms with Crippen molar-refractivity contribution in [1.29, 1.82) is 0 Å². The molecule has 1 saturated carbocycles. The minimum absolute atomic E-state index is 0.0780. The summed E-state index contributed by atoms with van der Waals surface area (Å²) in [5.74, 6) is -0.487. The Bertz CT molecular complexity index is 1330. The van der Waals surface area contributed by atoms with E-state index in [1.54, 1.807) is 14.2 Å². The molecule has 2 aromatic rings. The molecule has 2 bridgehead atoms. The minimum Gasteiger partial charge on any atom is -0.497 e. The van der Waals surface area contributed by atoms with Crippen molar-refractivity contribution in [3.8, 4) is 5.75 Å². The lowest BCUT2D eigenvalue weighted by molar-refractivity contribution is -0.217. The molecule has 252 valence electrons. The third-order valence-corrected chi connectivity index (χ3v) is 11.6. The van der Waals surface area contributed by atoms with E-state index in [9.17, 15) is 5.11 Å². The molecule has 0 radical (unpaired) electrons. The Morgan fingerprint density at radius 1 is 1.07 bits per heavy atom. The fourth-order valence-electron chi connectivity index (χ4n) is 7.92. The molecule has 8 atom stereocenters. The maximum atomic E-state index is 12.4. The Balaban J connectivity index is 1.64. The lowest BCUT2D eigenvalue weighted by Crippen LogP contribution is -2.59. The van der Waals surface area contributed by atoms with Gasteiger partial charge in [0.2, 0.25) is 0 Å². The summed E-state index contributed by atoms with van der Waals surface area (Å²) in [4.78, 5) is 1.15. The van der Waals surface area contributed by atoms with Crippen LogP contribution in [0.4, 0.5) is 0 Å². The van der Waals surface area contributed by atoms with Crippen LogP contribution in [0.3, 0.4) is 0 Å². The van der Waals surface area contributed by atoms with Crippen LogP contribution in [-0.4, -0.2) is 67.7 Å². The van der Waals surface area contributed by atoms with Crippen LogP contribution in [0.15, 0.2) is 83.8 Å². The van der Waals surface area contributed by atoms with Gasteiger partial charge in [-0.15, -0.1) is 18.3 Å². The van der Waals surface area contributed by atoms with E-state index in [4.69, 9.17) is 28.4 Å². The molecule has 0 unspecified atom stereocenters. The van der Waals surface area contributed by atoms with Crippen LogP contribution < -0.4 is 4.74 Å². The molecule has 1 N–H and O–H groups in total. The van der Waals surface area contributed by atoms with Gasteiger partial charge in [0.15, 0.2) is 5.79 Å². The highest BCUT2D eigenvalue weighted by molar-refractivity contribution is 8.00. The number of hydrogen-bond donors (Lipinski definition) is 1. The van der Waals surface area contributed by atoms with Gasteiger partial charge in [-0.1, -0.05) is 68.8 Å². The summed E-state index contributed by atoms with van der Waals surface area (Å²) in [6.45, 7) is 15.6. The normalized spacial score (nSPS) is 33.7. The first-order valence-electron chi connectivity index (χ1n) is 16.4. The number of rotatable bonds is 12. The SMILES string of the molecule is C=C[C@@H](OCc1ccc(OC)cc1)[C@]1([C@@H]2[C@H](C)[C@@H](O)[C@H](OCOC)[C@H]3CC/C(=C/[C@H]2Sc2ccccc2)C3(C)C)COC(C)(C)O1. The summed E-state index contributed by atoms with van der Waals surface area (Å²) in [7, 11) is 3.28. The van der Waals surface area contributed by atoms with E-state index >= 15 is 0 Å². The Hall–Kier alpha value is -2.17. The maximum absolute atomic E-state index is 12.4. The maximum Gasteiger partial charge on any atom is 0.163 e. The summed E-state index contributed by atoms with van der Waals surface area (Å²) in [6, 6.07) is 18.3. The van der Waals surface area contributed by atoms with E-state index in [-0.39, 0.29) is 41.8 Å². The summed E-state index contributed by atoms with van der Waals surface area (Å²) in [5, 5.41) is 12.4. The van der Waals surface area contributed by atoms with Gasteiger partial charge in [0.1, 0.15) is 24.2 Å². The highest BCUT2D eigenvalue weighted by Crippen LogP contribution is 2.56. The molecular formula is C38H52O7S. The van der Waals surface area contributed by atoms with Crippen LogP contribution in [-0.2, 0) is 30.3 Å². The fraction of sp³-hybridized carbons (Fsp3) is 0.579. The van der Waals surface area contributed by atoms with Gasteiger partial charge in [-0.05, 0) is 73.8 Å². The van der Waals surface area contributed by atoms with E-state index < -0.39 is 29.7 Å². The molecule has 8 heteroatoms. The lowest BCUT2D eigenvalue weighted by Gasteiger charge is -2.48. The zero-order chi connectivity index (χ0) is 33.1. The number of aliphatic hydroxyl groups is 1. The van der Waals surface area contributed by atoms with Crippen LogP contribution in [0.2, 0.25) is 0 Å². The summed E-state index contributed by atoms with van der Waals surface area (Å²) >= 11 is 1.81. The molecule has 1 aliphatic heterocycles. The van der Waals surface area contributed by atoms with Crippen LogP contribution in [0.25, 0.3) is 0 Å². The molecule has 3 aliphatic rings. The Morgan fingerprint density at radius 3 is 2.39 bits per heavy atom. The topological polar surface area (TPSA) is 75.6 Å². The van der Waals surface area contributed by atoms with Gasteiger partial charge in [-0.25, -0.2) is 0 Å². The molecule has 46 heavy (non-hydrogen) atoms. The van der Waals surface area contributed by atoms with Crippen molar-refractivity contribution in [3.05, 3.63) is 84.5 Å². The van der Waals surface area contributed by atoms with Gasteiger partial charge in [0.25, 0.3) is 0 Å². The molecule has 2 aliphatic carbocycles. The minimum atomic E-state index is -0.971. The van der Waals surface area contributed by atoms with Crippen molar-refractivity contribution in [1.82, 2.24) is 0 Å². The van der Waals surface area contributed by atoms with Crippen molar-refractivity contribution in [3.63, 3.8) is 0 Å². The fourth-order valence-corrected chi connectivity index (χ4v) is 9.40. The van der Waals surface area contributed by atoms with Crippen molar-refractivity contribution in [2.24, 2.45) is 23.2 Å². The molecular weight excluding hydrogens is 600 g/mol. The first-order chi connectivity index (χ1) is 22.0. The summed E-state index contributed by atoms with van der Waals surface area (Å²) < 4.78 is 37.4. The Kier molecular flexibility index (Phi) is 11.1. The van der Waals surface area contributed by atoms with Crippen LogP contribution in [0.1, 0.15) is 53.0 Å². The molecule has 0 amide bonds. The highest BCUT2D eigenvalue weighted by atomic mass is 32.2. The predicted octanol–water partition coefficient (Wildman–Crippen LogP) is 7.43. The second kappa shape index (κ2) is 14.5. The quantitative estimate of drug-likeness (QED) is 0.188. The molecule has 2 aromatic carbocycles. The number of benzene rings is 2. The summed E-state index contributed by atoms with van der Waals surface area (Å²) in [6.07, 6.45) is 4.43. The zero-order valence-corrected chi connectivity index (χ0v) is 29.3. The van der Waals surface area contributed by atoms with Crippen molar-refractivity contribution in [2.75, 3.05) is 27.6 Å². The van der Waals surface area contributed by atoms with E-state index in [0.717, 1.165) is 29.1 Å². The van der Waals surface area contributed by atoms with Gasteiger partial charge in [0.05, 0.1) is 32.5 Å². The predicted molar refractivity (Wildman–Crippen MR) is 182 cm³/mol. The third-order valence-electron chi connectivity index (χ3n) is 10.4. The van der Waals surface area contributed by atoms with Crippen LogP contribution in [0.5, 0.6) is 5.75 Å². The van der Waals surface area contributed by atoms with Crippen LogP contribution in [0, 0.1) is 23.2 Å². The van der Waals surface area contributed by atoms with Crippen molar-refractivity contribution >= 4 is 11.8 Å². The average molecular weight is 653 g/mol. The van der Waals surface area contributed by atoms with E-state index in [0.29, 0.717) is 6.61 Å². The number of methoxy groups -OCH3 is 2. The molecule has 0 aromatic heterocycles. The largest absolute Gasteiger partial charge is 0.497 e. The second-order valence-corrected chi connectivity index (χ2v) is 15.2. The molecule has 5 rings (SSSR count).